The van der Waals surface area contributed by atoms with Gasteiger partial charge in [0.25, 0.3) is 0 Å². The number of benzene rings is 2. The van der Waals surface area contributed by atoms with Crippen LogP contribution in [0.15, 0.2) is 47.4 Å². The maximum absolute atomic E-state index is 13.6. The van der Waals surface area contributed by atoms with Crippen molar-refractivity contribution in [2.24, 2.45) is 0 Å². The Labute approximate surface area is 151 Å². The largest absolute Gasteiger partial charge is 0.243 e. The van der Waals surface area contributed by atoms with E-state index in [1.165, 1.54) is 22.5 Å². The zero-order chi connectivity index (χ0) is 18.0. The predicted octanol–water partition coefficient (Wildman–Crippen LogP) is 4.92. The molecule has 25 heavy (non-hydrogen) atoms. The van der Waals surface area contributed by atoms with Gasteiger partial charge < -0.3 is 0 Å². The molecule has 1 heterocycles. The van der Waals surface area contributed by atoms with E-state index in [-0.39, 0.29) is 9.92 Å². The molecular formula is C18H18ClF2NO2S. The summed E-state index contributed by atoms with van der Waals surface area (Å²) in [4.78, 5) is -0.0535. The first-order valence-electron chi connectivity index (χ1n) is 8.12. The minimum atomic E-state index is -3.88. The Morgan fingerprint density at radius 1 is 1.04 bits per heavy atom. The van der Waals surface area contributed by atoms with E-state index in [0.29, 0.717) is 18.5 Å². The second kappa shape index (κ2) is 7.40. The van der Waals surface area contributed by atoms with Crippen molar-refractivity contribution < 1.29 is 17.2 Å². The van der Waals surface area contributed by atoms with E-state index in [4.69, 9.17) is 11.6 Å². The Morgan fingerprint density at radius 3 is 2.56 bits per heavy atom. The fourth-order valence-corrected chi connectivity index (χ4v) is 5.14. The Hall–Kier alpha value is -1.50. The number of rotatable bonds is 3. The summed E-state index contributed by atoms with van der Waals surface area (Å²) in [7, 11) is -3.88. The molecule has 0 amide bonds. The van der Waals surface area contributed by atoms with E-state index in [2.05, 4.69) is 0 Å². The molecule has 3 rings (SSSR count). The summed E-state index contributed by atoms with van der Waals surface area (Å²) >= 11 is 5.76. The standard InChI is InChI=1S/C18H18ClF2NO2S/c19-16-12-15(8-9-17(16)21)25(23,24)22-10-3-1-2-7-18(22)13-5-4-6-14(20)11-13/h4-6,8-9,11-12,18H,1-3,7,10H2/t18-/m0/s1. The summed E-state index contributed by atoms with van der Waals surface area (Å²) in [6, 6.07) is 8.95. The maximum Gasteiger partial charge on any atom is 0.243 e. The Morgan fingerprint density at radius 2 is 1.84 bits per heavy atom. The van der Waals surface area contributed by atoms with Gasteiger partial charge in [-0.3, -0.25) is 0 Å². The molecule has 1 saturated heterocycles. The van der Waals surface area contributed by atoms with Crippen molar-refractivity contribution in [2.45, 2.75) is 36.6 Å². The highest BCUT2D eigenvalue weighted by Gasteiger charge is 2.33. The van der Waals surface area contributed by atoms with Crippen LogP contribution in [0.4, 0.5) is 8.78 Å². The summed E-state index contributed by atoms with van der Waals surface area (Å²) in [5, 5.41) is -0.238. The van der Waals surface area contributed by atoms with Crippen molar-refractivity contribution in [2.75, 3.05) is 6.54 Å². The molecule has 3 nitrogen and oxygen atoms in total. The number of hydrogen-bond acceptors (Lipinski definition) is 2. The van der Waals surface area contributed by atoms with Crippen LogP contribution in [0, 0.1) is 11.6 Å². The molecule has 0 N–H and O–H groups in total. The van der Waals surface area contributed by atoms with E-state index in [9.17, 15) is 17.2 Å². The van der Waals surface area contributed by atoms with Crippen molar-refractivity contribution in [3.05, 3.63) is 64.7 Å². The molecule has 0 aromatic heterocycles. The molecule has 0 aliphatic carbocycles. The van der Waals surface area contributed by atoms with Gasteiger partial charge in [-0.05, 0) is 48.7 Å². The van der Waals surface area contributed by atoms with Crippen LogP contribution in [-0.2, 0) is 10.0 Å². The van der Waals surface area contributed by atoms with E-state index in [0.717, 1.165) is 31.4 Å². The van der Waals surface area contributed by atoms with E-state index in [1.807, 2.05) is 0 Å². The maximum atomic E-state index is 13.6. The molecule has 0 spiro atoms. The lowest BCUT2D eigenvalue weighted by atomic mass is 10.0. The number of nitrogens with zero attached hydrogens (tertiary/aromatic N) is 1. The molecule has 1 aliphatic heterocycles. The first-order valence-corrected chi connectivity index (χ1v) is 9.94. The van der Waals surface area contributed by atoms with Crippen molar-refractivity contribution in [1.29, 1.82) is 0 Å². The first-order chi connectivity index (χ1) is 11.9. The van der Waals surface area contributed by atoms with Crippen molar-refractivity contribution >= 4 is 21.6 Å². The van der Waals surface area contributed by atoms with Gasteiger partial charge in [0.2, 0.25) is 10.0 Å². The van der Waals surface area contributed by atoms with Crippen LogP contribution in [0.5, 0.6) is 0 Å². The molecule has 0 radical (unpaired) electrons. The quantitative estimate of drug-likeness (QED) is 0.751. The minimum Gasteiger partial charge on any atom is -0.207 e. The van der Waals surface area contributed by atoms with Gasteiger partial charge in [0.05, 0.1) is 16.0 Å². The third-order valence-corrected chi connectivity index (χ3v) is 6.63. The number of sulfonamides is 1. The first kappa shape index (κ1) is 18.3. The van der Waals surface area contributed by atoms with Crippen LogP contribution in [0.1, 0.15) is 37.3 Å². The molecule has 1 fully saturated rings. The molecule has 7 heteroatoms. The summed E-state index contributed by atoms with van der Waals surface area (Å²) in [6.45, 7) is 0.332. The zero-order valence-electron chi connectivity index (χ0n) is 13.5. The number of hydrogen-bond donors (Lipinski definition) is 0. The average molecular weight is 386 g/mol. The normalized spacial score (nSPS) is 19.6. The lowest BCUT2D eigenvalue weighted by Crippen LogP contribution is -2.35. The second-order valence-electron chi connectivity index (χ2n) is 6.11. The highest BCUT2D eigenvalue weighted by Crippen LogP contribution is 2.35. The summed E-state index contributed by atoms with van der Waals surface area (Å²) < 4.78 is 54.7. The molecule has 0 bridgehead atoms. The van der Waals surface area contributed by atoms with Gasteiger partial charge in [-0.2, -0.15) is 4.31 Å². The fraction of sp³-hybridized carbons (Fsp3) is 0.333. The van der Waals surface area contributed by atoms with Gasteiger partial charge in [0.15, 0.2) is 0 Å². The summed E-state index contributed by atoms with van der Waals surface area (Å²) in [5.41, 5.74) is 0.624. The monoisotopic (exact) mass is 385 g/mol. The highest BCUT2D eigenvalue weighted by molar-refractivity contribution is 7.89. The van der Waals surface area contributed by atoms with Gasteiger partial charge >= 0.3 is 0 Å². The third kappa shape index (κ3) is 3.86. The van der Waals surface area contributed by atoms with E-state index < -0.39 is 27.7 Å². The molecule has 2 aromatic rings. The predicted molar refractivity (Wildman–Crippen MR) is 92.9 cm³/mol. The van der Waals surface area contributed by atoms with Gasteiger partial charge in [-0.15, -0.1) is 0 Å². The van der Waals surface area contributed by atoms with Crippen LogP contribution >= 0.6 is 11.6 Å². The van der Waals surface area contributed by atoms with Gasteiger partial charge in [-0.25, -0.2) is 17.2 Å². The van der Waals surface area contributed by atoms with Crippen LogP contribution < -0.4 is 0 Å². The summed E-state index contributed by atoms with van der Waals surface area (Å²) in [5.74, 6) is -1.07. The van der Waals surface area contributed by atoms with Crippen molar-refractivity contribution in [3.8, 4) is 0 Å². The van der Waals surface area contributed by atoms with Crippen LogP contribution in [0.3, 0.4) is 0 Å². The molecule has 0 saturated carbocycles. The smallest absolute Gasteiger partial charge is 0.207 e. The van der Waals surface area contributed by atoms with Crippen LogP contribution in [-0.4, -0.2) is 19.3 Å². The Bertz CT molecular complexity index is 873. The highest BCUT2D eigenvalue weighted by atomic mass is 35.5. The lowest BCUT2D eigenvalue weighted by Gasteiger charge is -2.29. The van der Waals surface area contributed by atoms with Gasteiger partial charge in [0, 0.05) is 6.54 Å². The van der Waals surface area contributed by atoms with E-state index in [1.54, 1.807) is 12.1 Å². The SMILES string of the molecule is O=S(=O)(c1ccc(F)c(Cl)c1)N1CCCCC[C@H]1c1cccc(F)c1. The van der Waals surface area contributed by atoms with Gasteiger partial charge in [-0.1, -0.05) is 36.6 Å². The molecule has 1 aliphatic rings. The fourth-order valence-electron chi connectivity index (χ4n) is 3.19. The topological polar surface area (TPSA) is 37.4 Å². The van der Waals surface area contributed by atoms with Crippen LogP contribution in [0.2, 0.25) is 5.02 Å². The average Bonchev–Trinajstić information content (AvgIpc) is 2.83. The Kier molecular flexibility index (Phi) is 5.41. The lowest BCUT2D eigenvalue weighted by molar-refractivity contribution is 0.328. The van der Waals surface area contributed by atoms with Crippen LogP contribution in [0.25, 0.3) is 0 Å². The van der Waals surface area contributed by atoms with E-state index >= 15 is 0 Å². The molecular weight excluding hydrogens is 368 g/mol. The minimum absolute atomic E-state index is 0.0535. The second-order valence-corrected chi connectivity index (χ2v) is 8.41. The third-order valence-electron chi connectivity index (χ3n) is 4.43. The van der Waals surface area contributed by atoms with Crippen molar-refractivity contribution in [1.82, 2.24) is 4.31 Å². The van der Waals surface area contributed by atoms with Gasteiger partial charge in [0.1, 0.15) is 11.6 Å². The number of halogens is 3. The Balaban J connectivity index is 2.04. The summed E-state index contributed by atoms with van der Waals surface area (Å²) in [6.07, 6.45) is 3.09. The molecule has 1 atom stereocenters. The molecule has 2 aromatic carbocycles. The molecule has 134 valence electrons. The zero-order valence-corrected chi connectivity index (χ0v) is 15.0. The van der Waals surface area contributed by atoms with Crippen molar-refractivity contribution in [3.63, 3.8) is 0 Å². The molecule has 0 unspecified atom stereocenters.